The lowest BCUT2D eigenvalue weighted by Crippen LogP contribution is -2.21. The molecule has 0 radical (unpaired) electrons. The molecule has 4 nitrogen and oxygen atoms in total. The predicted molar refractivity (Wildman–Crippen MR) is 126 cm³/mol. The number of halogens is 3. The number of Topliss-reactive ketones (excluding diaryl/α,β-unsaturated/α-hetero) is 1. The number of carbonyl (C=O) groups is 2. The van der Waals surface area contributed by atoms with Gasteiger partial charge in [0.25, 0.3) is 0 Å². The van der Waals surface area contributed by atoms with Gasteiger partial charge >= 0.3 is 12.1 Å². The molecular formula is C28H22F3NO3. The second-order valence-electron chi connectivity index (χ2n) is 8.74. The summed E-state index contributed by atoms with van der Waals surface area (Å²) in [5.41, 5.74) is 2.83. The Bertz CT molecular complexity index is 1440. The SMILES string of the molecule is COC(=O)c1cccc2c1c1c(n2Cc2cccc(C(F)(F)F)c2)CC(c2ccccc2)CC1=O. The van der Waals surface area contributed by atoms with Gasteiger partial charge in [-0.05, 0) is 47.7 Å². The molecule has 1 aliphatic rings. The fraction of sp³-hybridized carbons (Fsp3) is 0.214. The number of fused-ring (bicyclic) bond motifs is 3. The summed E-state index contributed by atoms with van der Waals surface area (Å²) in [5.74, 6) is -0.723. The lowest BCUT2D eigenvalue weighted by Gasteiger charge is -2.24. The third-order valence-electron chi connectivity index (χ3n) is 6.62. The van der Waals surface area contributed by atoms with Crippen LogP contribution >= 0.6 is 0 Å². The van der Waals surface area contributed by atoms with Gasteiger partial charge in [-0.3, -0.25) is 4.79 Å². The van der Waals surface area contributed by atoms with Gasteiger partial charge < -0.3 is 9.30 Å². The molecular weight excluding hydrogens is 455 g/mol. The number of methoxy groups -OCH3 is 1. The van der Waals surface area contributed by atoms with Gasteiger partial charge in [0, 0.05) is 29.6 Å². The lowest BCUT2D eigenvalue weighted by atomic mass is 9.81. The number of aromatic nitrogens is 1. The number of carbonyl (C=O) groups excluding carboxylic acids is 2. The van der Waals surface area contributed by atoms with E-state index in [4.69, 9.17) is 4.74 Å². The summed E-state index contributed by atoms with van der Waals surface area (Å²) in [7, 11) is 1.28. The fourth-order valence-electron chi connectivity index (χ4n) is 5.05. The molecule has 0 amide bonds. The molecule has 1 aromatic heterocycles. The van der Waals surface area contributed by atoms with Gasteiger partial charge in [-0.1, -0.05) is 48.5 Å². The van der Waals surface area contributed by atoms with Crippen LogP contribution in [0.1, 0.15) is 55.4 Å². The minimum absolute atomic E-state index is 0.0673. The molecule has 1 unspecified atom stereocenters. The van der Waals surface area contributed by atoms with Gasteiger partial charge in [-0.2, -0.15) is 13.2 Å². The highest BCUT2D eigenvalue weighted by atomic mass is 19.4. The van der Waals surface area contributed by atoms with Crippen LogP contribution in [0.25, 0.3) is 10.9 Å². The summed E-state index contributed by atoms with van der Waals surface area (Å²) in [5, 5.41) is 0.498. The van der Waals surface area contributed by atoms with E-state index >= 15 is 0 Å². The Kier molecular flexibility index (Phi) is 5.71. The van der Waals surface area contributed by atoms with Crippen LogP contribution in [-0.4, -0.2) is 23.4 Å². The third kappa shape index (κ3) is 4.11. The first kappa shape index (κ1) is 22.9. The van der Waals surface area contributed by atoms with Crippen LogP contribution in [0.4, 0.5) is 13.2 Å². The number of ketones is 1. The molecule has 1 heterocycles. The van der Waals surface area contributed by atoms with Crippen molar-refractivity contribution >= 4 is 22.7 Å². The highest BCUT2D eigenvalue weighted by Gasteiger charge is 2.34. The van der Waals surface area contributed by atoms with Gasteiger partial charge in [-0.15, -0.1) is 0 Å². The Labute approximate surface area is 199 Å². The zero-order chi connectivity index (χ0) is 24.7. The van der Waals surface area contributed by atoms with E-state index in [1.165, 1.54) is 13.2 Å². The maximum atomic E-state index is 13.5. The van der Waals surface area contributed by atoms with Crippen LogP contribution in [0, 0.1) is 0 Å². The van der Waals surface area contributed by atoms with Crippen molar-refractivity contribution in [2.75, 3.05) is 7.11 Å². The van der Waals surface area contributed by atoms with Crippen LogP contribution in [0.3, 0.4) is 0 Å². The molecule has 3 aromatic carbocycles. The van der Waals surface area contributed by atoms with Crippen LogP contribution in [0.15, 0.2) is 72.8 Å². The van der Waals surface area contributed by atoms with Crippen molar-refractivity contribution in [3.63, 3.8) is 0 Å². The van der Waals surface area contributed by atoms with Crippen LogP contribution in [0.2, 0.25) is 0 Å². The van der Waals surface area contributed by atoms with Gasteiger partial charge in [0.15, 0.2) is 5.78 Å². The smallest absolute Gasteiger partial charge is 0.416 e. The molecule has 4 aromatic rings. The zero-order valence-corrected chi connectivity index (χ0v) is 18.9. The average Bonchev–Trinajstić information content (AvgIpc) is 3.17. The Morgan fingerprint density at radius 2 is 1.74 bits per heavy atom. The van der Waals surface area contributed by atoms with Crippen molar-refractivity contribution < 1.29 is 27.5 Å². The van der Waals surface area contributed by atoms with E-state index in [-0.39, 0.29) is 30.2 Å². The molecule has 0 saturated heterocycles. The van der Waals surface area contributed by atoms with Crippen molar-refractivity contribution in [1.29, 1.82) is 0 Å². The van der Waals surface area contributed by atoms with Crippen molar-refractivity contribution in [3.05, 3.63) is 106 Å². The largest absolute Gasteiger partial charge is 0.465 e. The summed E-state index contributed by atoms with van der Waals surface area (Å²) < 4.78 is 46.9. The maximum Gasteiger partial charge on any atom is 0.416 e. The number of nitrogens with zero attached hydrogens (tertiary/aromatic N) is 1. The predicted octanol–water partition coefficient (Wildman–Crippen LogP) is 6.41. The topological polar surface area (TPSA) is 48.3 Å². The van der Waals surface area contributed by atoms with E-state index in [0.717, 1.165) is 23.4 Å². The Morgan fingerprint density at radius 1 is 1.00 bits per heavy atom. The van der Waals surface area contributed by atoms with Crippen LogP contribution in [0.5, 0.6) is 0 Å². The van der Waals surface area contributed by atoms with Crippen molar-refractivity contribution in [2.45, 2.75) is 31.5 Å². The Hall–Kier alpha value is -3.87. The van der Waals surface area contributed by atoms with Crippen molar-refractivity contribution in [2.24, 2.45) is 0 Å². The molecule has 0 spiro atoms. The number of alkyl halides is 3. The highest BCUT2D eigenvalue weighted by Crippen LogP contribution is 2.40. The van der Waals surface area contributed by atoms with E-state index in [1.807, 2.05) is 34.9 Å². The number of hydrogen-bond donors (Lipinski definition) is 0. The maximum absolute atomic E-state index is 13.5. The quantitative estimate of drug-likeness (QED) is 0.319. The van der Waals surface area contributed by atoms with E-state index in [2.05, 4.69) is 0 Å². The van der Waals surface area contributed by atoms with Gasteiger partial charge in [0.05, 0.1) is 23.8 Å². The first-order chi connectivity index (χ1) is 16.8. The second-order valence-corrected chi connectivity index (χ2v) is 8.74. The number of hydrogen-bond acceptors (Lipinski definition) is 3. The first-order valence-electron chi connectivity index (χ1n) is 11.2. The average molecular weight is 477 g/mol. The molecule has 0 N–H and O–H groups in total. The summed E-state index contributed by atoms with van der Waals surface area (Å²) in [6.45, 7) is 0.134. The molecule has 35 heavy (non-hydrogen) atoms. The summed E-state index contributed by atoms with van der Waals surface area (Å²) in [4.78, 5) is 26.0. The van der Waals surface area contributed by atoms with Crippen molar-refractivity contribution in [3.8, 4) is 0 Å². The molecule has 178 valence electrons. The molecule has 0 aliphatic heterocycles. The zero-order valence-electron chi connectivity index (χ0n) is 18.9. The number of rotatable bonds is 4. The van der Waals surface area contributed by atoms with E-state index in [9.17, 15) is 22.8 Å². The number of benzene rings is 3. The number of ether oxygens (including phenoxy) is 1. The minimum atomic E-state index is -4.46. The van der Waals surface area contributed by atoms with E-state index in [1.54, 1.807) is 24.3 Å². The molecule has 0 bridgehead atoms. The third-order valence-corrected chi connectivity index (χ3v) is 6.62. The Morgan fingerprint density at radius 3 is 2.46 bits per heavy atom. The first-order valence-corrected chi connectivity index (χ1v) is 11.2. The highest BCUT2D eigenvalue weighted by molar-refractivity contribution is 6.16. The normalized spacial score (nSPS) is 15.8. The van der Waals surface area contributed by atoms with Gasteiger partial charge in [0.1, 0.15) is 0 Å². The minimum Gasteiger partial charge on any atom is -0.465 e. The molecule has 0 saturated carbocycles. The van der Waals surface area contributed by atoms with Gasteiger partial charge in [0.2, 0.25) is 0 Å². The Balaban J connectivity index is 1.70. The van der Waals surface area contributed by atoms with E-state index < -0.39 is 17.7 Å². The van der Waals surface area contributed by atoms with Gasteiger partial charge in [-0.25, -0.2) is 4.79 Å². The second kappa shape index (κ2) is 8.73. The molecule has 1 aliphatic carbocycles. The summed E-state index contributed by atoms with van der Waals surface area (Å²) in [6, 6.07) is 20.0. The standard InChI is InChI=1S/C28H22F3NO3/c1-35-27(34)21-11-6-12-22-25(21)26-23(14-19(15-24(26)33)18-8-3-2-4-9-18)32(22)16-17-7-5-10-20(13-17)28(29,30)31/h2-13,19H,14-16H2,1H3. The summed E-state index contributed by atoms with van der Waals surface area (Å²) in [6.07, 6.45) is -3.64. The molecule has 0 fully saturated rings. The fourth-order valence-corrected chi connectivity index (χ4v) is 5.05. The number of esters is 1. The van der Waals surface area contributed by atoms with Crippen LogP contribution < -0.4 is 0 Å². The molecule has 1 atom stereocenters. The van der Waals surface area contributed by atoms with E-state index in [0.29, 0.717) is 28.5 Å². The van der Waals surface area contributed by atoms with Crippen molar-refractivity contribution in [1.82, 2.24) is 4.57 Å². The molecule has 7 heteroatoms. The molecule has 5 rings (SSSR count). The monoisotopic (exact) mass is 477 g/mol. The van der Waals surface area contributed by atoms with Crippen LogP contribution in [-0.2, 0) is 23.9 Å². The lowest BCUT2D eigenvalue weighted by molar-refractivity contribution is -0.137. The summed E-state index contributed by atoms with van der Waals surface area (Å²) >= 11 is 0.